The number of H-pyrrole nitrogens is 1. The van der Waals surface area contributed by atoms with Gasteiger partial charge in [0.05, 0.1) is 6.33 Å². The van der Waals surface area contributed by atoms with Gasteiger partial charge in [0, 0.05) is 17.4 Å². The monoisotopic (exact) mass is 181 g/mol. The van der Waals surface area contributed by atoms with Gasteiger partial charge in [-0.05, 0) is 25.7 Å². The fourth-order valence-corrected chi connectivity index (χ4v) is 1.41. The summed E-state index contributed by atoms with van der Waals surface area (Å²) in [6.07, 6.45) is 7.69. The van der Waals surface area contributed by atoms with Crippen molar-refractivity contribution in [3.05, 3.63) is 18.2 Å². The average Bonchev–Trinajstić information content (AvgIpc) is 2.67. The molecule has 3 heteroatoms. The molecule has 0 aliphatic rings. The van der Waals surface area contributed by atoms with Crippen molar-refractivity contribution in [3.63, 3.8) is 0 Å². The molecule has 3 N–H and O–H groups in total. The molecule has 74 valence electrons. The van der Waals surface area contributed by atoms with Gasteiger partial charge in [-0.15, -0.1) is 0 Å². The van der Waals surface area contributed by atoms with Crippen molar-refractivity contribution in [1.82, 2.24) is 9.97 Å². The van der Waals surface area contributed by atoms with Crippen molar-refractivity contribution in [2.75, 3.05) is 0 Å². The summed E-state index contributed by atoms with van der Waals surface area (Å²) in [6.45, 7) is 4.30. The molecule has 0 aliphatic carbocycles. The molecule has 3 nitrogen and oxygen atoms in total. The van der Waals surface area contributed by atoms with Crippen molar-refractivity contribution in [1.29, 1.82) is 0 Å². The molecule has 13 heavy (non-hydrogen) atoms. The summed E-state index contributed by atoms with van der Waals surface area (Å²) >= 11 is 0. The number of hydrogen-bond acceptors (Lipinski definition) is 2. The maximum Gasteiger partial charge on any atom is 0.0921 e. The minimum absolute atomic E-state index is 0.00507. The second-order valence-corrected chi connectivity index (χ2v) is 3.65. The molecule has 1 aromatic rings. The number of nitrogens with one attached hydrogen (secondary N) is 1. The molecule has 1 aromatic heterocycles. The number of nitrogens with zero attached hydrogens (tertiary/aromatic N) is 1. The Morgan fingerprint density at radius 3 is 2.62 bits per heavy atom. The molecule has 0 radical (unpaired) electrons. The summed E-state index contributed by atoms with van der Waals surface area (Å²) in [7, 11) is 0. The lowest BCUT2D eigenvalue weighted by molar-refractivity contribution is 0.366. The van der Waals surface area contributed by atoms with Crippen LogP contribution in [0.1, 0.15) is 38.8 Å². The van der Waals surface area contributed by atoms with Gasteiger partial charge >= 0.3 is 0 Å². The minimum Gasteiger partial charge on any atom is -0.348 e. The van der Waals surface area contributed by atoms with Gasteiger partial charge in [-0.3, -0.25) is 0 Å². The fourth-order valence-electron chi connectivity index (χ4n) is 1.41. The Morgan fingerprint density at radius 2 is 2.15 bits per heavy atom. The summed E-state index contributed by atoms with van der Waals surface area (Å²) in [6, 6.07) is 0. The smallest absolute Gasteiger partial charge is 0.0921 e. The molecule has 0 saturated heterocycles. The van der Waals surface area contributed by atoms with E-state index >= 15 is 0 Å². The predicted molar refractivity (Wildman–Crippen MR) is 54.4 cm³/mol. The highest BCUT2D eigenvalue weighted by atomic mass is 14.9. The third kappa shape index (κ3) is 2.84. The molecular weight excluding hydrogens is 162 g/mol. The van der Waals surface area contributed by atoms with Gasteiger partial charge in [0.1, 0.15) is 0 Å². The van der Waals surface area contributed by atoms with Crippen LogP contribution < -0.4 is 5.73 Å². The van der Waals surface area contributed by atoms with Crippen molar-refractivity contribution in [2.45, 2.75) is 45.1 Å². The predicted octanol–water partition coefficient (Wildman–Crippen LogP) is 1.86. The Bertz CT molecular complexity index is 224. The van der Waals surface area contributed by atoms with Crippen LogP contribution in [0.5, 0.6) is 0 Å². The highest BCUT2D eigenvalue weighted by Gasteiger charge is 2.19. The van der Waals surface area contributed by atoms with E-state index in [0.717, 1.165) is 25.7 Å². The standard InChI is InChI=1S/C10H19N3/c1-3-10(11,4-2)6-5-9-7-12-8-13-9/h7-8H,3-6,11H2,1-2H3,(H,12,13). The zero-order chi connectivity index (χ0) is 9.73. The summed E-state index contributed by atoms with van der Waals surface area (Å²) in [5, 5.41) is 0. The van der Waals surface area contributed by atoms with Crippen molar-refractivity contribution in [3.8, 4) is 0 Å². The lowest BCUT2D eigenvalue weighted by Gasteiger charge is -2.26. The van der Waals surface area contributed by atoms with Gasteiger partial charge in [-0.1, -0.05) is 13.8 Å². The molecule has 0 aliphatic heterocycles. The Morgan fingerprint density at radius 1 is 1.46 bits per heavy atom. The molecular formula is C10H19N3. The normalized spacial score (nSPS) is 11.9. The van der Waals surface area contributed by atoms with Gasteiger partial charge < -0.3 is 10.7 Å². The molecule has 0 aromatic carbocycles. The number of rotatable bonds is 5. The van der Waals surface area contributed by atoms with E-state index in [1.807, 2.05) is 6.20 Å². The Hall–Kier alpha value is -0.830. The molecule has 0 spiro atoms. The number of nitrogens with two attached hydrogens (primary N) is 1. The summed E-state index contributed by atoms with van der Waals surface area (Å²) < 4.78 is 0. The highest BCUT2D eigenvalue weighted by Crippen LogP contribution is 2.17. The first-order valence-electron chi connectivity index (χ1n) is 4.96. The van der Waals surface area contributed by atoms with E-state index in [9.17, 15) is 0 Å². The first-order valence-corrected chi connectivity index (χ1v) is 4.96. The second-order valence-electron chi connectivity index (χ2n) is 3.65. The fraction of sp³-hybridized carbons (Fsp3) is 0.700. The maximum absolute atomic E-state index is 6.18. The van der Waals surface area contributed by atoms with Crippen LogP contribution in [0.15, 0.2) is 12.5 Å². The molecule has 0 amide bonds. The largest absolute Gasteiger partial charge is 0.348 e. The Kier molecular flexibility index (Phi) is 3.48. The lowest BCUT2D eigenvalue weighted by atomic mass is 9.88. The van der Waals surface area contributed by atoms with Crippen LogP contribution in [0, 0.1) is 0 Å². The van der Waals surface area contributed by atoms with Gasteiger partial charge in [0.2, 0.25) is 0 Å². The number of imidazole rings is 1. The molecule has 1 rings (SSSR count). The van der Waals surface area contributed by atoms with Crippen molar-refractivity contribution in [2.24, 2.45) is 5.73 Å². The van der Waals surface area contributed by atoms with Gasteiger partial charge in [-0.2, -0.15) is 0 Å². The molecule has 0 saturated carbocycles. The number of aromatic nitrogens is 2. The summed E-state index contributed by atoms with van der Waals surface area (Å²) in [4.78, 5) is 7.07. The number of aromatic amines is 1. The van der Waals surface area contributed by atoms with Crippen molar-refractivity contribution >= 4 is 0 Å². The van der Waals surface area contributed by atoms with E-state index in [4.69, 9.17) is 5.73 Å². The van der Waals surface area contributed by atoms with Crippen LogP contribution in [-0.2, 0) is 6.42 Å². The molecule has 0 unspecified atom stereocenters. The number of hydrogen-bond donors (Lipinski definition) is 2. The molecule has 0 atom stereocenters. The molecule has 0 bridgehead atoms. The van der Waals surface area contributed by atoms with E-state index in [1.165, 1.54) is 5.69 Å². The first kappa shape index (κ1) is 10.3. The van der Waals surface area contributed by atoms with Crippen LogP contribution in [0.3, 0.4) is 0 Å². The zero-order valence-electron chi connectivity index (χ0n) is 8.51. The average molecular weight is 181 g/mol. The third-order valence-electron chi connectivity index (χ3n) is 2.86. The van der Waals surface area contributed by atoms with Crippen LogP contribution in [-0.4, -0.2) is 15.5 Å². The summed E-state index contributed by atoms with van der Waals surface area (Å²) in [5.41, 5.74) is 7.36. The van der Waals surface area contributed by atoms with Crippen LogP contribution in [0.25, 0.3) is 0 Å². The van der Waals surface area contributed by atoms with E-state index in [0.29, 0.717) is 0 Å². The quantitative estimate of drug-likeness (QED) is 0.728. The van der Waals surface area contributed by atoms with Crippen molar-refractivity contribution < 1.29 is 0 Å². The van der Waals surface area contributed by atoms with Gasteiger partial charge in [-0.25, -0.2) is 4.98 Å². The topological polar surface area (TPSA) is 54.7 Å². The number of aryl methyl sites for hydroxylation is 1. The molecule has 1 heterocycles. The van der Waals surface area contributed by atoms with Crippen LogP contribution in [0.4, 0.5) is 0 Å². The van der Waals surface area contributed by atoms with Gasteiger partial charge in [0.15, 0.2) is 0 Å². The van der Waals surface area contributed by atoms with E-state index in [2.05, 4.69) is 23.8 Å². The minimum atomic E-state index is 0.00507. The Labute approximate surface area is 79.8 Å². The zero-order valence-corrected chi connectivity index (χ0v) is 8.51. The highest BCUT2D eigenvalue weighted by molar-refractivity contribution is 4.97. The SMILES string of the molecule is CCC(N)(CC)CCc1cnc[nH]1. The van der Waals surface area contributed by atoms with E-state index in [-0.39, 0.29) is 5.54 Å². The van der Waals surface area contributed by atoms with Crippen LogP contribution in [0.2, 0.25) is 0 Å². The third-order valence-corrected chi connectivity index (χ3v) is 2.86. The summed E-state index contributed by atoms with van der Waals surface area (Å²) in [5.74, 6) is 0. The Balaban J connectivity index is 2.41. The maximum atomic E-state index is 6.18. The lowest BCUT2D eigenvalue weighted by Crippen LogP contribution is -2.38. The van der Waals surface area contributed by atoms with Gasteiger partial charge in [0.25, 0.3) is 0 Å². The van der Waals surface area contributed by atoms with E-state index < -0.39 is 0 Å². The second kappa shape index (κ2) is 4.42. The molecule has 0 fully saturated rings. The van der Waals surface area contributed by atoms with E-state index in [1.54, 1.807) is 6.33 Å². The van der Waals surface area contributed by atoms with Crippen LogP contribution >= 0.6 is 0 Å². The first-order chi connectivity index (χ1) is 6.20.